The van der Waals surface area contributed by atoms with Crippen molar-refractivity contribution in [3.63, 3.8) is 0 Å². The quantitative estimate of drug-likeness (QED) is 0.440. The summed E-state index contributed by atoms with van der Waals surface area (Å²) in [6.45, 7) is 3.27. The number of anilines is 1. The Hall–Kier alpha value is -4.32. The third kappa shape index (κ3) is 2.95. The predicted octanol–water partition coefficient (Wildman–Crippen LogP) is 2.37. The van der Waals surface area contributed by atoms with Crippen molar-refractivity contribution in [2.45, 2.75) is 25.8 Å². The van der Waals surface area contributed by atoms with Gasteiger partial charge in [-0.05, 0) is 18.6 Å². The fourth-order valence-corrected chi connectivity index (χ4v) is 5.05. The molecule has 0 aliphatic carbocycles. The lowest BCUT2D eigenvalue weighted by Gasteiger charge is -2.37. The van der Waals surface area contributed by atoms with Crippen molar-refractivity contribution in [1.29, 1.82) is 5.26 Å². The number of benzene rings is 1. The van der Waals surface area contributed by atoms with E-state index >= 15 is 0 Å². The van der Waals surface area contributed by atoms with Crippen molar-refractivity contribution < 1.29 is 9.59 Å². The SMILES string of the molecule is CCc1c(C#N)c(N2CCN3C(=O)CC(=O)C3C2)nc2c(-c3cnc4ccccc4c3)cnn12. The lowest BCUT2D eigenvalue weighted by atomic mass is 10.1. The van der Waals surface area contributed by atoms with Crippen LogP contribution < -0.4 is 4.90 Å². The van der Waals surface area contributed by atoms with Gasteiger partial charge in [0.2, 0.25) is 5.91 Å². The molecule has 2 aliphatic rings. The lowest BCUT2D eigenvalue weighted by molar-refractivity contribution is -0.129. The van der Waals surface area contributed by atoms with Crippen LogP contribution >= 0.6 is 0 Å². The van der Waals surface area contributed by atoms with E-state index in [-0.39, 0.29) is 18.1 Å². The van der Waals surface area contributed by atoms with Crippen LogP contribution in [0.4, 0.5) is 5.82 Å². The van der Waals surface area contributed by atoms with Crippen LogP contribution in [-0.2, 0) is 16.0 Å². The van der Waals surface area contributed by atoms with E-state index in [1.54, 1.807) is 15.6 Å². The summed E-state index contributed by atoms with van der Waals surface area (Å²) >= 11 is 0. The predicted molar refractivity (Wildman–Crippen MR) is 125 cm³/mol. The zero-order valence-corrected chi connectivity index (χ0v) is 18.6. The third-order valence-corrected chi connectivity index (χ3v) is 6.77. The van der Waals surface area contributed by atoms with Gasteiger partial charge in [0.1, 0.15) is 17.7 Å². The second-order valence-corrected chi connectivity index (χ2v) is 8.62. The number of para-hydroxylation sites is 1. The van der Waals surface area contributed by atoms with E-state index in [4.69, 9.17) is 4.98 Å². The molecule has 0 spiro atoms. The van der Waals surface area contributed by atoms with Gasteiger partial charge < -0.3 is 9.80 Å². The van der Waals surface area contributed by atoms with Crippen LogP contribution in [0.25, 0.3) is 27.7 Å². The molecule has 2 fully saturated rings. The maximum Gasteiger partial charge on any atom is 0.230 e. The van der Waals surface area contributed by atoms with E-state index in [0.717, 1.165) is 27.7 Å². The molecule has 4 aromatic rings. The highest BCUT2D eigenvalue weighted by Crippen LogP contribution is 2.32. The average Bonchev–Trinajstić information content (AvgIpc) is 3.42. The number of fused-ring (bicyclic) bond motifs is 3. The fourth-order valence-electron chi connectivity index (χ4n) is 5.05. The molecule has 1 amide bonds. The summed E-state index contributed by atoms with van der Waals surface area (Å²) < 4.78 is 1.73. The summed E-state index contributed by atoms with van der Waals surface area (Å²) in [5, 5.41) is 15.6. The van der Waals surface area contributed by atoms with Gasteiger partial charge in [0, 0.05) is 42.3 Å². The molecule has 2 saturated heterocycles. The Morgan fingerprint density at radius 3 is 2.85 bits per heavy atom. The van der Waals surface area contributed by atoms with Crippen LogP contribution in [0.1, 0.15) is 24.6 Å². The molecule has 168 valence electrons. The Kier molecular flexibility index (Phi) is 4.55. The monoisotopic (exact) mass is 451 g/mol. The molecule has 34 heavy (non-hydrogen) atoms. The topological polar surface area (TPSA) is 107 Å². The standard InChI is InChI=1S/C25H21N7O2/c1-2-20-17(11-26)24(30-7-8-31-21(14-30)22(33)10-23(31)34)29-25-18(13-28-32(20)25)16-9-15-5-3-4-6-19(15)27-12-16/h3-6,9,12-13,21H,2,7-8,10,14H2,1H3. The molecule has 6 rings (SSSR count). The van der Waals surface area contributed by atoms with E-state index in [1.807, 2.05) is 42.3 Å². The number of amides is 1. The first-order valence-electron chi connectivity index (χ1n) is 11.3. The summed E-state index contributed by atoms with van der Waals surface area (Å²) in [6, 6.07) is 11.8. The molecule has 1 aromatic carbocycles. The molecular formula is C25H21N7O2. The number of Topliss-reactive ketones (excluding diaryl/α,β-unsaturated/α-hetero) is 1. The van der Waals surface area contributed by atoms with Gasteiger partial charge in [-0.2, -0.15) is 10.4 Å². The molecule has 3 aromatic heterocycles. The minimum atomic E-state index is -0.482. The molecule has 2 aliphatic heterocycles. The molecule has 9 nitrogen and oxygen atoms in total. The number of aryl methyl sites for hydroxylation is 1. The van der Waals surface area contributed by atoms with E-state index in [1.165, 1.54) is 0 Å². The van der Waals surface area contributed by atoms with Gasteiger partial charge >= 0.3 is 0 Å². The van der Waals surface area contributed by atoms with Crippen LogP contribution in [0.5, 0.6) is 0 Å². The van der Waals surface area contributed by atoms with Crippen molar-refractivity contribution in [2.75, 3.05) is 24.5 Å². The highest BCUT2D eigenvalue weighted by atomic mass is 16.2. The number of nitrogens with zero attached hydrogens (tertiary/aromatic N) is 7. The van der Waals surface area contributed by atoms with Crippen molar-refractivity contribution in [3.05, 3.63) is 54.0 Å². The molecule has 1 atom stereocenters. The number of carbonyl (C=O) groups is 2. The van der Waals surface area contributed by atoms with Gasteiger partial charge in [-0.25, -0.2) is 9.50 Å². The Morgan fingerprint density at radius 1 is 1.18 bits per heavy atom. The normalized spacial score (nSPS) is 18.1. The maximum atomic E-state index is 12.4. The average molecular weight is 451 g/mol. The van der Waals surface area contributed by atoms with Gasteiger partial charge in [0.15, 0.2) is 17.2 Å². The number of rotatable bonds is 3. The minimum Gasteiger partial charge on any atom is -0.351 e. The smallest absolute Gasteiger partial charge is 0.230 e. The molecule has 0 N–H and O–H groups in total. The number of hydrogen-bond acceptors (Lipinski definition) is 7. The van der Waals surface area contributed by atoms with Gasteiger partial charge in [-0.3, -0.25) is 14.6 Å². The molecule has 9 heteroatoms. The van der Waals surface area contributed by atoms with Crippen LogP contribution in [0.15, 0.2) is 42.7 Å². The number of piperazine rings is 1. The molecule has 0 radical (unpaired) electrons. The molecule has 5 heterocycles. The third-order valence-electron chi connectivity index (χ3n) is 6.77. The number of hydrogen-bond donors (Lipinski definition) is 0. The fraction of sp³-hybridized carbons (Fsp3) is 0.280. The number of ketones is 1. The number of nitriles is 1. The van der Waals surface area contributed by atoms with Crippen molar-refractivity contribution in [1.82, 2.24) is 24.5 Å². The van der Waals surface area contributed by atoms with Crippen molar-refractivity contribution in [2.24, 2.45) is 0 Å². The van der Waals surface area contributed by atoms with Crippen molar-refractivity contribution in [3.8, 4) is 17.2 Å². The second kappa shape index (κ2) is 7.63. The highest BCUT2D eigenvalue weighted by Gasteiger charge is 2.42. The lowest BCUT2D eigenvalue weighted by Crippen LogP contribution is -2.53. The molecule has 1 unspecified atom stereocenters. The van der Waals surface area contributed by atoms with E-state index < -0.39 is 6.04 Å². The Bertz CT molecular complexity index is 1530. The molecule has 0 bridgehead atoms. The van der Waals surface area contributed by atoms with E-state index in [0.29, 0.717) is 43.1 Å². The summed E-state index contributed by atoms with van der Waals surface area (Å²) in [4.78, 5) is 37.6. The van der Waals surface area contributed by atoms with Gasteiger partial charge in [-0.1, -0.05) is 25.1 Å². The Morgan fingerprint density at radius 2 is 2.03 bits per heavy atom. The first kappa shape index (κ1) is 20.3. The summed E-state index contributed by atoms with van der Waals surface area (Å²) in [5.74, 6) is 0.348. The van der Waals surface area contributed by atoms with Crippen LogP contribution in [0.3, 0.4) is 0 Å². The zero-order valence-electron chi connectivity index (χ0n) is 18.6. The Balaban J connectivity index is 1.50. The van der Waals surface area contributed by atoms with E-state index in [9.17, 15) is 14.9 Å². The van der Waals surface area contributed by atoms with Gasteiger partial charge in [0.25, 0.3) is 0 Å². The summed E-state index contributed by atoms with van der Waals surface area (Å²) in [6.07, 6.45) is 4.12. The van der Waals surface area contributed by atoms with Crippen LogP contribution in [0, 0.1) is 11.3 Å². The highest BCUT2D eigenvalue weighted by molar-refractivity contribution is 6.08. The van der Waals surface area contributed by atoms with E-state index in [2.05, 4.69) is 22.2 Å². The maximum absolute atomic E-state index is 12.4. The van der Waals surface area contributed by atoms with Crippen LogP contribution in [0.2, 0.25) is 0 Å². The van der Waals surface area contributed by atoms with Crippen LogP contribution in [-0.4, -0.2) is 61.8 Å². The number of carbonyl (C=O) groups excluding carboxylic acids is 2. The number of pyridine rings is 1. The summed E-state index contributed by atoms with van der Waals surface area (Å²) in [7, 11) is 0. The zero-order chi connectivity index (χ0) is 23.4. The Labute approximate surface area is 195 Å². The first-order chi connectivity index (χ1) is 16.6. The molecule has 0 saturated carbocycles. The largest absolute Gasteiger partial charge is 0.351 e. The summed E-state index contributed by atoms with van der Waals surface area (Å²) in [5.41, 5.74) is 4.47. The number of aromatic nitrogens is 4. The van der Waals surface area contributed by atoms with Gasteiger partial charge in [-0.15, -0.1) is 0 Å². The first-order valence-corrected chi connectivity index (χ1v) is 11.3. The molecular weight excluding hydrogens is 430 g/mol. The minimum absolute atomic E-state index is 0.0436. The van der Waals surface area contributed by atoms with Gasteiger partial charge in [0.05, 0.1) is 23.8 Å². The van der Waals surface area contributed by atoms with Crippen molar-refractivity contribution >= 4 is 34.1 Å². The second-order valence-electron chi connectivity index (χ2n) is 8.62.